The molecule has 1 aromatic heterocycles. The van der Waals surface area contributed by atoms with Crippen LogP contribution in [-0.2, 0) is 13.6 Å². The Bertz CT molecular complexity index is 331. The van der Waals surface area contributed by atoms with E-state index in [0.717, 1.165) is 24.4 Å². The number of rotatable bonds is 3. The zero-order chi connectivity index (χ0) is 9.54. The van der Waals surface area contributed by atoms with Crippen LogP contribution in [0.5, 0.6) is 0 Å². The van der Waals surface area contributed by atoms with Crippen LogP contribution in [-0.4, -0.2) is 15.8 Å². The molecule has 1 unspecified atom stereocenters. The molecule has 3 rings (SSSR count). The molecular weight excluding hydrogens is 174 g/mol. The fourth-order valence-electron chi connectivity index (χ4n) is 2.77. The van der Waals surface area contributed by atoms with E-state index in [-0.39, 0.29) is 0 Å². The fraction of sp³-hybridized carbons (Fsp3) is 0.727. The quantitative estimate of drug-likeness (QED) is 0.780. The first-order valence-corrected chi connectivity index (χ1v) is 5.55. The van der Waals surface area contributed by atoms with Crippen molar-refractivity contribution in [2.75, 3.05) is 0 Å². The van der Waals surface area contributed by atoms with Crippen molar-refractivity contribution in [3.8, 4) is 0 Å². The summed E-state index contributed by atoms with van der Waals surface area (Å²) in [5.74, 6) is 2.07. The van der Waals surface area contributed by atoms with Crippen molar-refractivity contribution in [3.05, 3.63) is 18.0 Å². The summed E-state index contributed by atoms with van der Waals surface area (Å²) in [5, 5.41) is 7.82. The van der Waals surface area contributed by atoms with E-state index in [9.17, 15) is 0 Å². The lowest BCUT2D eigenvalue weighted by atomic mass is 10.1. The van der Waals surface area contributed by atoms with Crippen LogP contribution in [0, 0.1) is 11.8 Å². The average molecular weight is 191 g/mol. The topological polar surface area (TPSA) is 29.9 Å². The Balaban J connectivity index is 1.56. The van der Waals surface area contributed by atoms with Gasteiger partial charge in [0.15, 0.2) is 0 Å². The van der Waals surface area contributed by atoms with Crippen LogP contribution >= 0.6 is 0 Å². The van der Waals surface area contributed by atoms with Gasteiger partial charge in [-0.3, -0.25) is 4.68 Å². The molecule has 0 spiro atoms. The summed E-state index contributed by atoms with van der Waals surface area (Å²) in [5.41, 5.74) is 1.29. The number of nitrogens with zero attached hydrogens (tertiary/aromatic N) is 2. The predicted octanol–water partition coefficient (Wildman–Crippen LogP) is 1.31. The van der Waals surface area contributed by atoms with Gasteiger partial charge in [0, 0.05) is 25.8 Å². The minimum Gasteiger partial charge on any atom is -0.308 e. The lowest BCUT2D eigenvalue weighted by Crippen LogP contribution is -2.29. The largest absolute Gasteiger partial charge is 0.308 e. The number of hydrogen-bond donors (Lipinski definition) is 1. The number of nitrogens with one attached hydrogen (secondary N) is 1. The molecule has 1 N–H and O–H groups in total. The van der Waals surface area contributed by atoms with Crippen LogP contribution < -0.4 is 5.32 Å². The number of hydrogen-bond acceptors (Lipinski definition) is 2. The summed E-state index contributed by atoms with van der Waals surface area (Å²) in [6, 6.07) is 2.88. The van der Waals surface area contributed by atoms with Crippen molar-refractivity contribution in [3.63, 3.8) is 0 Å². The Morgan fingerprint density at radius 1 is 1.57 bits per heavy atom. The third-order valence-corrected chi connectivity index (χ3v) is 3.81. The standard InChI is InChI=1S/C11H17N3/c1-14-9(4-5-13-14)7-12-11-3-2-8-6-10(8)11/h4-5,8,10-12H,2-3,6-7H2,1H3/t8-,10+,11?/m0/s1. The van der Waals surface area contributed by atoms with Crippen molar-refractivity contribution in [1.29, 1.82) is 0 Å². The molecule has 3 heteroatoms. The highest BCUT2D eigenvalue weighted by molar-refractivity contribution is 5.04. The summed E-state index contributed by atoms with van der Waals surface area (Å²) in [4.78, 5) is 0. The highest BCUT2D eigenvalue weighted by Gasteiger charge is 2.47. The molecule has 3 atom stereocenters. The molecule has 2 fully saturated rings. The Labute approximate surface area is 84.5 Å². The zero-order valence-corrected chi connectivity index (χ0v) is 8.61. The van der Waals surface area contributed by atoms with Gasteiger partial charge in [-0.05, 0) is 37.2 Å². The first-order valence-electron chi connectivity index (χ1n) is 5.55. The maximum absolute atomic E-state index is 4.17. The average Bonchev–Trinajstić information content (AvgIpc) is 2.68. The van der Waals surface area contributed by atoms with Crippen LogP contribution in [0.4, 0.5) is 0 Å². The Morgan fingerprint density at radius 2 is 2.50 bits per heavy atom. The van der Waals surface area contributed by atoms with Crippen LogP contribution in [0.15, 0.2) is 12.3 Å². The van der Waals surface area contributed by atoms with Gasteiger partial charge in [-0.25, -0.2) is 0 Å². The molecule has 0 radical (unpaired) electrons. The van der Waals surface area contributed by atoms with Crippen LogP contribution in [0.1, 0.15) is 25.0 Å². The summed E-state index contributed by atoms with van der Waals surface area (Å²) < 4.78 is 1.95. The molecule has 3 nitrogen and oxygen atoms in total. The van der Waals surface area contributed by atoms with Crippen molar-refractivity contribution in [1.82, 2.24) is 15.1 Å². The van der Waals surface area contributed by atoms with E-state index >= 15 is 0 Å². The van der Waals surface area contributed by atoms with Gasteiger partial charge in [0.05, 0.1) is 5.69 Å². The first kappa shape index (κ1) is 8.48. The van der Waals surface area contributed by atoms with Crippen molar-refractivity contribution >= 4 is 0 Å². The van der Waals surface area contributed by atoms with E-state index in [4.69, 9.17) is 0 Å². The van der Waals surface area contributed by atoms with Crippen molar-refractivity contribution in [2.45, 2.75) is 31.8 Å². The number of fused-ring (bicyclic) bond motifs is 1. The molecule has 2 saturated carbocycles. The van der Waals surface area contributed by atoms with E-state index in [1.165, 1.54) is 25.0 Å². The second-order valence-electron chi connectivity index (χ2n) is 4.67. The monoisotopic (exact) mass is 191 g/mol. The minimum atomic E-state index is 0.787. The Morgan fingerprint density at radius 3 is 3.07 bits per heavy atom. The number of aromatic nitrogens is 2. The third kappa shape index (κ3) is 1.36. The second-order valence-corrected chi connectivity index (χ2v) is 4.67. The predicted molar refractivity (Wildman–Crippen MR) is 54.7 cm³/mol. The SMILES string of the molecule is Cn1nccc1CNC1CC[C@H]2C[C@@H]12. The molecule has 1 aromatic rings. The van der Waals surface area contributed by atoms with Gasteiger partial charge in [0.2, 0.25) is 0 Å². The highest BCUT2D eigenvalue weighted by atomic mass is 15.3. The van der Waals surface area contributed by atoms with E-state index in [1.54, 1.807) is 0 Å². The molecule has 0 aromatic carbocycles. The lowest BCUT2D eigenvalue weighted by molar-refractivity contribution is 0.464. The smallest absolute Gasteiger partial charge is 0.0518 e. The molecule has 2 aliphatic carbocycles. The Kier molecular flexibility index (Phi) is 1.87. The molecule has 0 amide bonds. The molecule has 76 valence electrons. The second kappa shape index (κ2) is 3.09. The molecule has 0 bridgehead atoms. The van der Waals surface area contributed by atoms with Crippen LogP contribution in [0.2, 0.25) is 0 Å². The third-order valence-electron chi connectivity index (χ3n) is 3.81. The maximum atomic E-state index is 4.17. The fourth-order valence-corrected chi connectivity index (χ4v) is 2.77. The Hall–Kier alpha value is -0.830. The van der Waals surface area contributed by atoms with Gasteiger partial charge in [-0.2, -0.15) is 5.10 Å². The molecule has 14 heavy (non-hydrogen) atoms. The maximum Gasteiger partial charge on any atom is 0.0518 e. The van der Waals surface area contributed by atoms with E-state index in [0.29, 0.717) is 0 Å². The highest BCUT2D eigenvalue weighted by Crippen LogP contribution is 2.51. The van der Waals surface area contributed by atoms with Gasteiger partial charge in [0.25, 0.3) is 0 Å². The molecular formula is C11H17N3. The molecule has 2 aliphatic rings. The summed E-state index contributed by atoms with van der Waals surface area (Å²) in [6.07, 6.45) is 6.18. The van der Waals surface area contributed by atoms with E-state index in [1.807, 2.05) is 17.9 Å². The summed E-state index contributed by atoms with van der Waals surface area (Å²) in [6.45, 7) is 0.977. The van der Waals surface area contributed by atoms with Crippen LogP contribution in [0.3, 0.4) is 0 Å². The normalized spacial score (nSPS) is 34.5. The van der Waals surface area contributed by atoms with Crippen molar-refractivity contribution in [2.24, 2.45) is 18.9 Å². The molecule has 1 heterocycles. The minimum absolute atomic E-state index is 0.787. The summed E-state index contributed by atoms with van der Waals surface area (Å²) >= 11 is 0. The molecule has 0 aliphatic heterocycles. The van der Waals surface area contributed by atoms with Gasteiger partial charge in [0.1, 0.15) is 0 Å². The summed E-state index contributed by atoms with van der Waals surface area (Å²) in [7, 11) is 2.01. The lowest BCUT2D eigenvalue weighted by Gasteiger charge is -2.13. The number of aryl methyl sites for hydroxylation is 1. The van der Waals surface area contributed by atoms with E-state index in [2.05, 4.69) is 16.5 Å². The van der Waals surface area contributed by atoms with Gasteiger partial charge >= 0.3 is 0 Å². The van der Waals surface area contributed by atoms with E-state index < -0.39 is 0 Å². The van der Waals surface area contributed by atoms with Gasteiger partial charge in [-0.15, -0.1) is 0 Å². The van der Waals surface area contributed by atoms with Crippen LogP contribution in [0.25, 0.3) is 0 Å². The van der Waals surface area contributed by atoms with Crippen molar-refractivity contribution < 1.29 is 0 Å². The van der Waals surface area contributed by atoms with Gasteiger partial charge in [-0.1, -0.05) is 0 Å². The first-order chi connectivity index (χ1) is 6.84. The zero-order valence-electron chi connectivity index (χ0n) is 8.61. The molecule has 0 saturated heterocycles. The van der Waals surface area contributed by atoms with Gasteiger partial charge < -0.3 is 5.32 Å².